The van der Waals surface area contributed by atoms with Crippen molar-refractivity contribution in [2.24, 2.45) is 5.92 Å². The lowest BCUT2D eigenvalue weighted by Gasteiger charge is -2.31. The van der Waals surface area contributed by atoms with E-state index in [2.05, 4.69) is 0 Å². The van der Waals surface area contributed by atoms with Crippen molar-refractivity contribution >= 4 is 16.9 Å². The molecule has 1 saturated heterocycles. The lowest BCUT2D eigenvalue weighted by Crippen LogP contribution is -2.40. The Kier molecular flexibility index (Phi) is 3.74. The highest BCUT2D eigenvalue weighted by molar-refractivity contribution is 5.96. The molecule has 2 aromatic rings. The zero-order valence-corrected chi connectivity index (χ0v) is 11.4. The third-order valence-electron chi connectivity index (χ3n) is 3.98. The largest absolute Gasteiger partial charge is 0.451 e. The number of carbonyl (C=O) groups is 1. The van der Waals surface area contributed by atoms with Gasteiger partial charge in [0.1, 0.15) is 5.58 Å². The fraction of sp³-hybridized carbons (Fsp3) is 0.438. The zero-order chi connectivity index (χ0) is 13.9. The van der Waals surface area contributed by atoms with Gasteiger partial charge in [0.2, 0.25) is 0 Å². The molecule has 4 nitrogen and oxygen atoms in total. The average Bonchev–Trinajstić information content (AvgIpc) is 2.91. The molecule has 0 radical (unpaired) electrons. The molecule has 0 spiro atoms. The maximum atomic E-state index is 12.5. The van der Waals surface area contributed by atoms with E-state index in [1.807, 2.05) is 35.2 Å². The van der Waals surface area contributed by atoms with Crippen LogP contribution in [0.3, 0.4) is 0 Å². The van der Waals surface area contributed by atoms with Gasteiger partial charge in [0, 0.05) is 25.1 Å². The van der Waals surface area contributed by atoms with E-state index in [1.54, 1.807) is 0 Å². The molecular weight excluding hydrogens is 254 g/mol. The lowest BCUT2D eigenvalue weighted by molar-refractivity contribution is 0.0624. The van der Waals surface area contributed by atoms with Gasteiger partial charge in [-0.25, -0.2) is 0 Å². The predicted molar refractivity (Wildman–Crippen MR) is 76.5 cm³/mol. The molecule has 1 aromatic heterocycles. The van der Waals surface area contributed by atoms with Gasteiger partial charge in [0.15, 0.2) is 5.76 Å². The number of hydrogen-bond donors (Lipinski definition) is 1. The van der Waals surface area contributed by atoms with Crippen LogP contribution in [0.2, 0.25) is 0 Å². The molecule has 1 unspecified atom stereocenters. The molecule has 0 bridgehead atoms. The first kappa shape index (κ1) is 13.2. The summed E-state index contributed by atoms with van der Waals surface area (Å²) in [5, 5.41) is 9.99. The number of benzene rings is 1. The molecule has 1 amide bonds. The van der Waals surface area contributed by atoms with Crippen LogP contribution < -0.4 is 0 Å². The number of aliphatic hydroxyl groups excluding tert-OH is 1. The number of aliphatic hydroxyl groups is 1. The van der Waals surface area contributed by atoms with Gasteiger partial charge >= 0.3 is 0 Å². The minimum Gasteiger partial charge on any atom is -0.451 e. The van der Waals surface area contributed by atoms with Gasteiger partial charge in [0.05, 0.1) is 0 Å². The average molecular weight is 273 g/mol. The van der Waals surface area contributed by atoms with Crippen molar-refractivity contribution in [2.75, 3.05) is 19.7 Å². The Morgan fingerprint density at radius 1 is 1.40 bits per heavy atom. The van der Waals surface area contributed by atoms with Crippen LogP contribution in [0.4, 0.5) is 0 Å². The van der Waals surface area contributed by atoms with E-state index in [9.17, 15) is 4.79 Å². The minimum atomic E-state index is -0.0381. The van der Waals surface area contributed by atoms with Crippen molar-refractivity contribution in [1.82, 2.24) is 4.90 Å². The molecule has 4 heteroatoms. The normalized spacial score (nSPS) is 19.4. The van der Waals surface area contributed by atoms with Crippen molar-refractivity contribution in [1.29, 1.82) is 0 Å². The van der Waals surface area contributed by atoms with Crippen molar-refractivity contribution in [3.05, 3.63) is 36.1 Å². The van der Waals surface area contributed by atoms with Gasteiger partial charge in [-0.05, 0) is 37.3 Å². The summed E-state index contributed by atoms with van der Waals surface area (Å²) in [7, 11) is 0. The summed E-state index contributed by atoms with van der Waals surface area (Å²) in [4.78, 5) is 14.3. The number of likely N-dealkylation sites (tertiary alicyclic amines) is 1. The number of hydrogen-bond acceptors (Lipinski definition) is 3. The third kappa shape index (κ3) is 2.56. The molecule has 1 fully saturated rings. The number of nitrogens with zero attached hydrogens (tertiary/aromatic N) is 1. The Morgan fingerprint density at radius 2 is 2.25 bits per heavy atom. The van der Waals surface area contributed by atoms with Gasteiger partial charge in [-0.3, -0.25) is 4.79 Å². The van der Waals surface area contributed by atoms with Crippen LogP contribution in [0.1, 0.15) is 29.8 Å². The Morgan fingerprint density at radius 3 is 3.05 bits per heavy atom. The van der Waals surface area contributed by atoms with E-state index >= 15 is 0 Å². The lowest BCUT2D eigenvalue weighted by atomic mass is 9.95. The Balaban J connectivity index is 1.77. The van der Waals surface area contributed by atoms with Crippen LogP contribution in [0.5, 0.6) is 0 Å². The summed E-state index contributed by atoms with van der Waals surface area (Å²) >= 11 is 0. The number of furan rings is 1. The summed E-state index contributed by atoms with van der Waals surface area (Å²) in [5.41, 5.74) is 0.750. The van der Waals surface area contributed by atoms with E-state index in [1.165, 1.54) is 0 Å². The molecule has 1 aliphatic heterocycles. The number of para-hydroxylation sites is 1. The maximum Gasteiger partial charge on any atom is 0.289 e. The first-order chi connectivity index (χ1) is 9.78. The molecule has 0 aliphatic carbocycles. The molecule has 1 aliphatic rings. The molecule has 106 valence electrons. The van der Waals surface area contributed by atoms with Crippen molar-refractivity contribution < 1.29 is 14.3 Å². The highest BCUT2D eigenvalue weighted by Crippen LogP contribution is 2.24. The number of piperidine rings is 1. The van der Waals surface area contributed by atoms with Crippen LogP contribution in [-0.4, -0.2) is 35.6 Å². The summed E-state index contributed by atoms with van der Waals surface area (Å²) in [6.45, 7) is 1.69. The molecule has 1 aromatic carbocycles. The van der Waals surface area contributed by atoms with E-state index in [-0.39, 0.29) is 12.5 Å². The van der Waals surface area contributed by atoms with Crippen LogP contribution in [0.15, 0.2) is 34.7 Å². The van der Waals surface area contributed by atoms with Crippen molar-refractivity contribution in [3.8, 4) is 0 Å². The molecule has 20 heavy (non-hydrogen) atoms. The van der Waals surface area contributed by atoms with E-state index in [0.29, 0.717) is 11.7 Å². The number of amides is 1. The maximum absolute atomic E-state index is 12.5. The first-order valence-corrected chi connectivity index (χ1v) is 7.16. The molecule has 1 N–H and O–H groups in total. The highest BCUT2D eigenvalue weighted by atomic mass is 16.3. The second-order valence-electron chi connectivity index (χ2n) is 5.42. The van der Waals surface area contributed by atoms with Gasteiger partial charge < -0.3 is 14.4 Å². The standard InChI is InChI=1S/C16H19NO3/c18-9-7-12-4-3-8-17(11-12)16(19)15-10-13-5-1-2-6-14(13)20-15/h1-2,5-6,10,12,18H,3-4,7-9,11H2. The molecule has 0 saturated carbocycles. The first-order valence-electron chi connectivity index (χ1n) is 7.16. The second-order valence-corrected chi connectivity index (χ2v) is 5.42. The smallest absolute Gasteiger partial charge is 0.289 e. The van der Waals surface area contributed by atoms with Gasteiger partial charge in [-0.15, -0.1) is 0 Å². The second kappa shape index (κ2) is 5.67. The zero-order valence-electron chi connectivity index (χ0n) is 11.4. The Hall–Kier alpha value is -1.81. The Bertz CT molecular complexity index is 570. The van der Waals surface area contributed by atoms with Gasteiger partial charge in [0.25, 0.3) is 5.91 Å². The van der Waals surface area contributed by atoms with Crippen LogP contribution in [0, 0.1) is 5.92 Å². The van der Waals surface area contributed by atoms with Crippen molar-refractivity contribution in [3.63, 3.8) is 0 Å². The fourth-order valence-corrected chi connectivity index (χ4v) is 2.91. The van der Waals surface area contributed by atoms with E-state index in [4.69, 9.17) is 9.52 Å². The van der Waals surface area contributed by atoms with Crippen LogP contribution >= 0.6 is 0 Å². The van der Waals surface area contributed by atoms with Crippen LogP contribution in [-0.2, 0) is 0 Å². The SMILES string of the molecule is O=C(c1cc2ccccc2o1)N1CCCC(CCO)C1. The van der Waals surface area contributed by atoms with E-state index in [0.717, 1.165) is 43.3 Å². The summed E-state index contributed by atoms with van der Waals surface area (Å²) in [6, 6.07) is 9.47. The topological polar surface area (TPSA) is 53.7 Å². The predicted octanol–water partition coefficient (Wildman–Crippen LogP) is 2.67. The van der Waals surface area contributed by atoms with Crippen LogP contribution in [0.25, 0.3) is 11.0 Å². The molecule has 1 atom stereocenters. The molecular formula is C16H19NO3. The minimum absolute atomic E-state index is 0.0381. The van der Waals surface area contributed by atoms with Crippen molar-refractivity contribution in [2.45, 2.75) is 19.3 Å². The van der Waals surface area contributed by atoms with Gasteiger partial charge in [-0.2, -0.15) is 0 Å². The monoisotopic (exact) mass is 273 g/mol. The Labute approximate surface area is 118 Å². The quantitative estimate of drug-likeness (QED) is 0.935. The highest BCUT2D eigenvalue weighted by Gasteiger charge is 2.26. The summed E-state index contributed by atoms with van der Waals surface area (Å²) in [5.74, 6) is 0.779. The summed E-state index contributed by atoms with van der Waals surface area (Å²) in [6.07, 6.45) is 2.85. The fourth-order valence-electron chi connectivity index (χ4n) is 2.91. The van der Waals surface area contributed by atoms with E-state index < -0.39 is 0 Å². The molecule has 2 heterocycles. The summed E-state index contributed by atoms with van der Waals surface area (Å²) < 4.78 is 5.64. The third-order valence-corrected chi connectivity index (χ3v) is 3.98. The number of rotatable bonds is 3. The van der Waals surface area contributed by atoms with Gasteiger partial charge in [-0.1, -0.05) is 18.2 Å². The number of fused-ring (bicyclic) bond motifs is 1. The molecule has 3 rings (SSSR count). The number of carbonyl (C=O) groups excluding carboxylic acids is 1.